The summed E-state index contributed by atoms with van der Waals surface area (Å²) in [6.45, 7) is 1.11. The van der Waals surface area contributed by atoms with Crippen LogP contribution in [0.4, 0.5) is 13.2 Å². The first kappa shape index (κ1) is 15.8. The highest BCUT2D eigenvalue weighted by Crippen LogP contribution is 2.32. The van der Waals surface area contributed by atoms with E-state index in [4.69, 9.17) is 5.11 Å². The highest BCUT2D eigenvalue weighted by Gasteiger charge is 2.35. The van der Waals surface area contributed by atoms with Crippen LogP contribution in [0.15, 0.2) is 24.3 Å². The van der Waals surface area contributed by atoms with E-state index in [1.807, 2.05) is 0 Å². The average molecular weight is 291 g/mol. The van der Waals surface area contributed by atoms with Crippen LogP contribution < -0.4 is 4.74 Å². The highest BCUT2D eigenvalue weighted by molar-refractivity contribution is 5.83. The number of carbonyl (C=O) groups excluding carboxylic acids is 1. The maximum atomic E-state index is 12.3. The molecule has 110 valence electrons. The van der Waals surface area contributed by atoms with Gasteiger partial charge in [0.2, 0.25) is 5.91 Å². The molecule has 0 spiro atoms. The Morgan fingerprint density at radius 3 is 2.30 bits per heavy atom. The van der Waals surface area contributed by atoms with E-state index >= 15 is 0 Å². The number of carboxylic acid groups (broad SMARTS) is 1. The summed E-state index contributed by atoms with van der Waals surface area (Å²) in [7, 11) is 1.19. The molecule has 0 fully saturated rings. The van der Waals surface area contributed by atoms with E-state index in [0.29, 0.717) is 0 Å². The summed E-state index contributed by atoms with van der Waals surface area (Å²) in [6, 6.07) is 3.23. The van der Waals surface area contributed by atoms with Gasteiger partial charge in [-0.15, -0.1) is 13.2 Å². The molecule has 0 aromatic heterocycles. The van der Waals surface area contributed by atoms with Crippen molar-refractivity contribution < 1.29 is 32.6 Å². The minimum Gasteiger partial charge on any atom is -0.479 e. The number of benzene rings is 1. The molecule has 0 bridgehead atoms. The molecule has 1 aromatic rings. The van der Waals surface area contributed by atoms with E-state index in [0.717, 1.165) is 17.9 Å². The van der Waals surface area contributed by atoms with E-state index in [-0.39, 0.29) is 5.56 Å². The third kappa shape index (κ3) is 3.87. The lowest BCUT2D eigenvalue weighted by Gasteiger charge is -2.25. The van der Waals surface area contributed by atoms with Gasteiger partial charge in [0.05, 0.1) is 0 Å². The predicted molar refractivity (Wildman–Crippen MR) is 61.9 cm³/mol. The van der Waals surface area contributed by atoms with Crippen molar-refractivity contribution in [3.8, 4) is 5.75 Å². The predicted octanol–water partition coefficient (Wildman–Crippen LogP) is 2.19. The van der Waals surface area contributed by atoms with Crippen molar-refractivity contribution in [2.75, 3.05) is 7.05 Å². The SMILES string of the molecule is CC(=O)N(C)C(C(=O)O)c1ccccc1OC(F)(F)F. The zero-order chi connectivity index (χ0) is 15.5. The number of para-hydroxylation sites is 1. The van der Waals surface area contributed by atoms with Crippen LogP contribution >= 0.6 is 0 Å². The van der Waals surface area contributed by atoms with Gasteiger partial charge in [0, 0.05) is 19.5 Å². The fraction of sp³-hybridized carbons (Fsp3) is 0.333. The molecule has 1 unspecified atom stereocenters. The van der Waals surface area contributed by atoms with E-state index in [9.17, 15) is 22.8 Å². The first-order valence-corrected chi connectivity index (χ1v) is 5.44. The van der Waals surface area contributed by atoms with Crippen LogP contribution in [-0.2, 0) is 9.59 Å². The van der Waals surface area contributed by atoms with Crippen molar-refractivity contribution in [1.82, 2.24) is 4.90 Å². The van der Waals surface area contributed by atoms with Gasteiger partial charge in [0.15, 0.2) is 6.04 Å². The van der Waals surface area contributed by atoms with Gasteiger partial charge in [-0.3, -0.25) is 4.79 Å². The summed E-state index contributed by atoms with van der Waals surface area (Å²) in [5, 5.41) is 9.14. The number of hydrogen-bond acceptors (Lipinski definition) is 3. The average Bonchev–Trinajstić information content (AvgIpc) is 2.29. The van der Waals surface area contributed by atoms with Crippen LogP contribution in [0.5, 0.6) is 5.75 Å². The molecule has 1 atom stereocenters. The Morgan fingerprint density at radius 1 is 1.30 bits per heavy atom. The zero-order valence-electron chi connectivity index (χ0n) is 10.6. The molecule has 0 radical (unpaired) electrons. The van der Waals surface area contributed by atoms with Gasteiger partial charge in [-0.2, -0.15) is 0 Å². The lowest BCUT2D eigenvalue weighted by atomic mass is 10.0. The second-order valence-electron chi connectivity index (χ2n) is 3.96. The van der Waals surface area contributed by atoms with Gasteiger partial charge in [0.1, 0.15) is 5.75 Å². The molecule has 1 amide bonds. The number of carboxylic acids is 1. The number of nitrogens with zero attached hydrogens (tertiary/aromatic N) is 1. The molecule has 0 saturated heterocycles. The Morgan fingerprint density at radius 2 is 1.85 bits per heavy atom. The molecule has 1 rings (SSSR count). The van der Waals surface area contributed by atoms with Gasteiger partial charge >= 0.3 is 12.3 Å². The number of ether oxygens (including phenoxy) is 1. The normalized spacial score (nSPS) is 12.7. The number of halogens is 3. The van der Waals surface area contributed by atoms with Crippen molar-refractivity contribution in [1.29, 1.82) is 0 Å². The van der Waals surface area contributed by atoms with Crippen molar-refractivity contribution in [2.45, 2.75) is 19.3 Å². The molecule has 1 aromatic carbocycles. The summed E-state index contributed by atoms with van der Waals surface area (Å²) in [5.74, 6) is -2.71. The number of likely N-dealkylation sites (N-methyl/N-ethyl adjacent to an activating group) is 1. The van der Waals surface area contributed by atoms with Crippen LogP contribution in [0.2, 0.25) is 0 Å². The van der Waals surface area contributed by atoms with Crippen LogP contribution in [0.25, 0.3) is 0 Å². The van der Waals surface area contributed by atoms with Gasteiger partial charge in [-0.1, -0.05) is 18.2 Å². The zero-order valence-corrected chi connectivity index (χ0v) is 10.6. The Bertz CT molecular complexity index is 516. The van der Waals surface area contributed by atoms with Crippen LogP contribution in [0.3, 0.4) is 0 Å². The standard InChI is InChI=1S/C12H12F3NO4/c1-7(17)16(2)10(11(18)19)8-5-3-4-6-9(8)20-12(13,14)15/h3-6,10H,1-2H3,(H,18,19). The third-order valence-corrected chi connectivity index (χ3v) is 2.56. The Labute approximate surface area is 112 Å². The van der Waals surface area contributed by atoms with Crippen molar-refractivity contribution in [3.63, 3.8) is 0 Å². The van der Waals surface area contributed by atoms with E-state index < -0.39 is 30.0 Å². The largest absolute Gasteiger partial charge is 0.573 e. The van der Waals surface area contributed by atoms with E-state index in [1.54, 1.807) is 0 Å². The molecular weight excluding hydrogens is 279 g/mol. The van der Waals surface area contributed by atoms with E-state index in [2.05, 4.69) is 4.74 Å². The molecule has 5 nitrogen and oxygen atoms in total. The fourth-order valence-corrected chi connectivity index (χ4v) is 1.61. The highest BCUT2D eigenvalue weighted by atomic mass is 19.4. The number of alkyl halides is 3. The lowest BCUT2D eigenvalue weighted by molar-refractivity contribution is -0.275. The minimum atomic E-state index is -4.95. The smallest absolute Gasteiger partial charge is 0.479 e. The van der Waals surface area contributed by atoms with Crippen LogP contribution in [0, 0.1) is 0 Å². The van der Waals surface area contributed by atoms with Gasteiger partial charge in [-0.05, 0) is 6.07 Å². The Hall–Kier alpha value is -2.25. The molecule has 8 heteroatoms. The maximum Gasteiger partial charge on any atom is 0.573 e. The molecular formula is C12H12F3NO4. The quantitative estimate of drug-likeness (QED) is 0.923. The summed E-state index contributed by atoms with van der Waals surface area (Å²) in [4.78, 5) is 23.3. The lowest BCUT2D eigenvalue weighted by Crippen LogP contribution is -2.35. The molecule has 1 N–H and O–H groups in total. The molecule has 0 aliphatic rings. The van der Waals surface area contributed by atoms with Gasteiger partial charge in [0.25, 0.3) is 0 Å². The number of rotatable bonds is 4. The topological polar surface area (TPSA) is 66.8 Å². The summed E-state index contributed by atoms with van der Waals surface area (Å²) in [6.07, 6.45) is -4.95. The van der Waals surface area contributed by atoms with Crippen molar-refractivity contribution >= 4 is 11.9 Å². The first-order chi connectivity index (χ1) is 9.13. The third-order valence-electron chi connectivity index (χ3n) is 2.56. The van der Waals surface area contributed by atoms with Crippen LogP contribution in [-0.4, -0.2) is 35.3 Å². The monoisotopic (exact) mass is 291 g/mol. The van der Waals surface area contributed by atoms with Gasteiger partial charge in [-0.25, -0.2) is 4.79 Å². The van der Waals surface area contributed by atoms with Crippen LogP contribution in [0.1, 0.15) is 18.5 Å². The molecule has 20 heavy (non-hydrogen) atoms. The van der Waals surface area contributed by atoms with Crippen molar-refractivity contribution in [3.05, 3.63) is 29.8 Å². The Balaban J connectivity index is 3.27. The fourth-order valence-electron chi connectivity index (χ4n) is 1.61. The summed E-state index contributed by atoms with van der Waals surface area (Å²) >= 11 is 0. The van der Waals surface area contributed by atoms with E-state index in [1.165, 1.54) is 25.2 Å². The number of hydrogen-bond donors (Lipinski definition) is 1. The minimum absolute atomic E-state index is 0.255. The van der Waals surface area contributed by atoms with Gasteiger partial charge < -0.3 is 14.7 Å². The molecule has 0 heterocycles. The summed E-state index contributed by atoms with van der Waals surface area (Å²) < 4.78 is 40.7. The summed E-state index contributed by atoms with van der Waals surface area (Å²) in [5.41, 5.74) is -0.255. The molecule has 0 saturated carbocycles. The first-order valence-electron chi connectivity index (χ1n) is 5.44. The molecule has 0 aliphatic heterocycles. The number of carbonyl (C=O) groups is 2. The number of amides is 1. The number of aliphatic carboxylic acids is 1. The maximum absolute atomic E-state index is 12.3. The molecule has 0 aliphatic carbocycles. The second kappa shape index (κ2) is 5.81. The van der Waals surface area contributed by atoms with Crippen molar-refractivity contribution in [2.24, 2.45) is 0 Å². The Kier molecular flexibility index (Phi) is 4.59. The second-order valence-corrected chi connectivity index (χ2v) is 3.96.